The first-order valence-corrected chi connectivity index (χ1v) is 7.78. The molecule has 1 aromatic rings. The Hall–Kier alpha value is -1.35. The SMILES string of the molecule is CCN(C(=O)CCN1CCC(C)CC1)c1ccccc1. The van der Waals surface area contributed by atoms with Crippen LogP contribution >= 0.6 is 0 Å². The van der Waals surface area contributed by atoms with Crippen molar-refractivity contribution >= 4 is 11.6 Å². The van der Waals surface area contributed by atoms with Gasteiger partial charge in [0.25, 0.3) is 0 Å². The molecular weight excluding hydrogens is 248 g/mol. The third-order valence-corrected chi connectivity index (χ3v) is 4.20. The fraction of sp³-hybridized carbons (Fsp3) is 0.588. The van der Waals surface area contributed by atoms with E-state index in [0.29, 0.717) is 6.42 Å². The van der Waals surface area contributed by atoms with Crippen LogP contribution in [0.2, 0.25) is 0 Å². The largest absolute Gasteiger partial charge is 0.313 e. The van der Waals surface area contributed by atoms with Crippen molar-refractivity contribution in [3.8, 4) is 0 Å². The molecule has 20 heavy (non-hydrogen) atoms. The molecule has 3 nitrogen and oxygen atoms in total. The summed E-state index contributed by atoms with van der Waals surface area (Å²) in [5.41, 5.74) is 1.01. The maximum atomic E-state index is 12.4. The second-order valence-electron chi connectivity index (χ2n) is 5.75. The molecule has 0 unspecified atom stereocenters. The predicted octanol–water partition coefficient (Wildman–Crippen LogP) is 3.16. The van der Waals surface area contributed by atoms with Crippen LogP contribution in [0.25, 0.3) is 0 Å². The summed E-state index contributed by atoms with van der Waals surface area (Å²) >= 11 is 0. The Labute approximate surface area is 122 Å². The van der Waals surface area contributed by atoms with Gasteiger partial charge in [-0.05, 0) is 50.9 Å². The van der Waals surface area contributed by atoms with Crippen molar-refractivity contribution in [2.75, 3.05) is 31.1 Å². The monoisotopic (exact) mass is 274 g/mol. The molecule has 0 saturated carbocycles. The highest BCUT2D eigenvalue weighted by Crippen LogP contribution is 2.17. The van der Waals surface area contributed by atoms with Gasteiger partial charge in [0, 0.05) is 25.2 Å². The minimum atomic E-state index is 0.234. The van der Waals surface area contributed by atoms with Crippen LogP contribution in [0.4, 0.5) is 5.69 Å². The highest BCUT2D eigenvalue weighted by Gasteiger charge is 2.18. The Balaban J connectivity index is 1.84. The van der Waals surface area contributed by atoms with Crippen molar-refractivity contribution in [2.24, 2.45) is 5.92 Å². The molecule has 2 rings (SSSR count). The van der Waals surface area contributed by atoms with E-state index in [-0.39, 0.29) is 5.91 Å². The third-order valence-electron chi connectivity index (χ3n) is 4.20. The first kappa shape index (κ1) is 15.0. The highest BCUT2D eigenvalue weighted by atomic mass is 16.2. The van der Waals surface area contributed by atoms with Gasteiger partial charge in [0.2, 0.25) is 5.91 Å². The molecule has 1 amide bonds. The summed E-state index contributed by atoms with van der Waals surface area (Å²) in [5, 5.41) is 0. The average Bonchev–Trinajstić information content (AvgIpc) is 2.48. The number of carbonyl (C=O) groups is 1. The lowest BCUT2D eigenvalue weighted by Gasteiger charge is -2.30. The van der Waals surface area contributed by atoms with Gasteiger partial charge >= 0.3 is 0 Å². The summed E-state index contributed by atoms with van der Waals surface area (Å²) in [7, 11) is 0. The smallest absolute Gasteiger partial charge is 0.228 e. The maximum Gasteiger partial charge on any atom is 0.228 e. The van der Waals surface area contributed by atoms with E-state index in [2.05, 4.69) is 11.8 Å². The first-order chi connectivity index (χ1) is 9.70. The number of carbonyl (C=O) groups excluding carboxylic acids is 1. The lowest BCUT2D eigenvalue weighted by molar-refractivity contribution is -0.119. The number of piperidine rings is 1. The molecule has 1 aromatic carbocycles. The average molecular weight is 274 g/mol. The minimum absolute atomic E-state index is 0.234. The molecule has 0 spiro atoms. The number of amides is 1. The molecule has 0 aliphatic carbocycles. The van der Waals surface area contributed by atoms with Gasteiger partial charge in [0.05, 0.1) is 0 Å². The summed E-state index contributed by atoms with van der Waals surface area (Å²) in [6.45, 7) is 8.27. The van der Waals surface area contributed by atoms with E-state index in [4.69, 9.17) is 0 Å². The summed E-state index contributed by atoms with van der Waals surface area (Å²) in [6, 6.07) is 9.96. The number of benzene rings is 1. The van der Waals surface area contributed by atoms with Crippen molar-refractivity contribution in [1.82, 2.24) is 4.90 Å². The maximum absolute atomic E-state index is 12.4. The summed E-state index contributed by atoms with van der Waals surface area (Å²) < 4.78 is 0. The number of likely N-dealkylation sites (tertiary alicyclic amines) is 1. The molecule has 0 bridgehead atoms. The lowest BCUT2D eigenvalue weighted by Crippen LogP contribution is -2.37. The zero-order valence-electron chi connectivity index (χ0n) is 12.7. The quantitative estimate of drug-likeness (QED) is 0.823. The zero-order valence-corrected chi connectivity index (χ0v) is 12.7. The van der Waals surface area contributed by atoms with E-state index >= 15 is 0 Å². The normalized spacial score (nSPS) is 17.1. The van der Waals surface area contributed by atoms with Gasteiger partial charge < -0.3 is 9.80 Å². The second-order valence-corrected chi connectivity index (χ2v) is 5.75. The predicted molar refractivity (Wildman–Crippen MR) is 83.9 cm³/mol. The van der Waals surface area contributed by atoms with Crippen LogP contribution in [0.3, 0.4) is 0 Å². The van der Waals surface area contributed by atoms with Gasteiger partial charge in [0.15, 0.2) is 0 Å². The van der Waals surface area contributed by atoms with Gasteiger partial charge in [0.1, 0.15) is 0 Å². The highest BCUT2D eigenvalue weighted by molar-refractivity contribution is 5.93. The van der Waals surface area contributed by atoms with Crippen LogP contribution in [0.5, 0.6) is 0 Å². The van der Waals surface area contributed by atoms with Gasteiger partial charge in [-0.2, -0.15) is 0 Å². The van der Waals surface area contributed by atoms with Crippen LogP contribution in [0, 0.1) is 5.92 Å². The molecule has 1 fully saturated rings. The Morgan fingerprint density at radius 3 is 2.50 bits per heavy atom. The molecule has 1 aliphatic heterocycles. The third kappa shape index (κ3) is 4.07. The van der Waals surface area contributed by atoms with Gasteiger partial charge in [-0.15, -0.1) is 0 Å². The molecule has 1 heterocycles. The standard InChI is InChI=1S/C17H26N2O/c1-3-19(16-7-5-4-6-8-16)17(20)11-14-18-12-9-15(2)10-13-18/h4-8,15H,3,9-14H2,1-2H3. The van der Waals surface area contributed by atoms with E-state index in [0.717, 1.165) is 37.8 Å². The fourth-order valence-corrected chi connectivity index (χ4v) is 2.79. The lowest BCUT2D eigenvalue weighted by atomic mass is 9.99. The van der Waals surface area contributed by atoms with Crippen LogP contribution in [-0.2, 0) is 4.79 Å². The zero-order chi connectivity index (χ0) is 14.4. The molecular formula is C17H26N2O. The molecule has 0 N–H and O–H groups in total. The van der Waals surface area contributed by atoms with Crippen molar-refractivity contribution in [2.45, 2.75) is 33.1 Å². The number of anilines is 1. The van der Waals surface area contributed by atoms with Gasteiger partial charge in [-0.25, -0.2) is 0 Å². The minimum Gasteiger partial charge on any atom is -0.313 e. The fourth-order valence-electron chi connectivity index (χ4n) is 2.79. The molecule has 3 heteroatoms. The van der Waals surface area contributed by atoms with Crippen LogP contribution in [0.1, 0.15) is 33.1 Å². The number of nitrogens with zero attached hydrogens (tertiary/aromatic N) is 2. The van der Waals surface area contributed by atoms with E-state index in [1.807, 2.05) is 42.2 Å². The number of hydrogen-bond acceptors (Lipinski definition) is 2. The van der Waals surface area contributed by atoms with Crippen LogP contribution in [0.15, 0.2) is 30.3 Å². The topological polar surface area (TPSA) is 23.6 Å². The van der Waals surface area contributed by atoms with Gasteiger partial charge in [-0.3, -0.25) is 4.79 Å². The van der Waals surface area contributed by atoms with Crippen molar-refractivity contribution < 1.29 is 4.79 Å². The van der Waals surface area contributed by atoms with E-state index in [9.17, 15) is 4.79 Å². The van der Waals surface area contributed by atoms with E-state index in [1.54, 1.807) is 0 Å². The Bertz CT molecular complexity index is 410. The molecule has 0 aromatic heterocycles. The van der Waals surface area contributed by atoms with Crippen molar-refractivity contribution in [3.05, 3.63) is 30.3 Å². The first-order valence-electron chi connectivity index (χ1n) is 7.78. The van der Waals surface area contributed by atoms with Crippen molar-refractivity contribution in [1.29, 1.82) is 0 Å². The molecule has 0 atom stereocenters. The molecule has 1 aliphatic rings. The Kier molecular flexibility index (Phi) is 5.60. The summed E-state index contributed by atoms with van der Waals surface area (Å²) in [6.07, 6.45) is 3.16. The van der Waals surface area contributed by atoms with Crippen LogP contribution < -0.4 is 4.90 Å². The Morgan fingerprint density at radius 1 is 1.25 bits per heavy atom. The molecule has 0 radical (unpaired) electrons. The van der Waals surface area contributed by atoms with Gasteiger partial charge in [-0.1, -0.05) is 25.1 Å². The molecule has 1 saturated heterocycles. The number of para-hydroxylation sites is 1. The summed E-state index contributed by atoms with van der Waals surface area (Å²) in [4.78, 5) is 16.7. The second kappa shape index (κ2) is 7.44. The van der Waals surface area contributed by atoms with Crippen molar-refractivity contribution in [3.63, 3.8) is 0 Å². The van der Waals surface area contributed by atoms with E-state index in [1.165, 1.54) is 12.8 Å². The number of rotatable bonds is 5. The summed E-state index contributed by atoms with van der Waals surface area (Å²) in [5.74, 6) is 1.08. The number of hydrogen-bond donors (Lipinski definition) is 0. The molecule has 110 valence electrons. The van der Waals surface area contributed by atoms with Crippen LogP contribution in [-0.4, -0.2) is 37.0 Å². The Morgan fingerprint density at radius 2 is 1.90 bits per heavy atom. The van der Waals surface area contributed by atoms with E-state index < -0.39 is 0 Å².